The van der Waals surface area contributed by atoms with Gasteiger partial charge in [0.1, 0.15) is 23.0 Å². The van der Waals surface area contributed by atoms with Crippen LogP contribution < -0.4 is 19.7 Å². The van der Waals surface area contributed by atoms with Crippen LogP contribution in [0.4, 0.5) is 11.4 Å². The maximum atomic E-state index is 15.1. The summed E-state index contributed by atoms with van der Waals surface area (Å²) in [6, 6.07) is 18.9. The fraction of sp³-hybridized carbons (Fsp3) is 0.324. The van der Waals surface area contributed by atoms with E-state index in [2.05, 4.69) is 11.4 Å². The van der Waals surface area contributed by atoms with Gasteiger partial charge in [-0.2, -0.15) is 0 Å². The van der Waals surface area contributed by atoms with E-state index in [0.29, 0.717) is 22.7 Å². The van der Waals surface area contributed by atoms with E-state index in [1.165, 1.54) is 14.2 Å². The van der Waals surface area contributed by atoms with Crippen molar-refractivity contribution in [2.24, 2.45) is 11.3 Å². The van der Waals surface area contributed by atoms with Crippen molar-refractivity contribution in [2.45, 2.75) is 45.2 Å². The number of hydrogen-bond acceptors (Lipinski definition) is 6. The van der Waals surface area contributed by atoms with E-state index in [1.54, 1.807) is 18.2 Å². The Bertz CT molecular complexity index is 1630. The molecule has 3 aromatic rings. The third kappa shape index (κ3) is 3.68. The van der Waals surface area contributed by atoms with E-state index in [1.807, 2.05) is 81.1 Å². The third-order valence-electron chi connectivity index (χ3n) is 8.85. The number of ketones is 2. The van der Waals surface area contributed by atoms with Crippen molar-refractivity contribution in [2.75, 3.05) is 24.4 Å². The van der Waals surface area contributed by atoms with Crippen LogP contribution in [0, 0.1) is 11.3 Å². The number of Topliss-reactive ketones (excluding diaryl/α,β-unsaturated/α-hetero) is 2. The molecule has 1 N–H and O–H groups in total. The molecule has 0 saturated carbocycles. The van der Waals surface area contributed by atoms with Crippen LogP contribution in [0.1, 0.15) is 49.2 Å². The number of para-hydroxylation sites is 2. The molecule has 0 aromatic heterocycles. The smallest absolute Gasteiger partial charge is 0.238 e. The Morgan fingerprint density at radius 3 is 2.37 bits per heavy atom. The summed E-state index contributed by atoms with van der Waals surface area (Å²) >= 11 is 0. The number of nitrogens with zero attached hydrogens (tertiary/aromatic N) is 1. The lowest BCUT2D eigenvalue weighted by molar-refractivity contribution is -0.128. The number of rotatable bonds is 5. The van der Waals surface area contributed by atoms with Gasteiger partial charge in [0.25, 0.3) is 0 Å². The molecule has 3 heterocycles. The monoisotopic (exact) mass is 550 g/mol. The summed E-state index contributed by atoms with van der Waals surface area (Å²) in [5, 5.41) is 3.07. The number of anilines is 2. The molecule has 0 radical (unpaired) electrons. The van der Waals surface area contributed by atoms with Crippen molar-refractivity contribution in [3.05, 3.63) is 89.5 Å². The second kappa shape index (κ2) is 9.33. The summed E-state index contributed by atoms with van der Waals surface area (Å²) in [6.07, 6.45) is 2.06. The second-order valence-electron chi connectivity index (χ2n) is 12.1. The molecule has 3 aliphatic rings. The van der Waals surface area contributed by atoms with Crippen LogP contribution in [0.2, 0.25) is 0 Å². The minimum atomic E-state index is -1.37. The van der Waals surface area contributed by atoms with Crippen LogP contribution in [0.15, 0.2) is 72.8 Å². The Morgan fingerprint density at radius 2 is 1.66 bits per heavy atom. The number of nitrogens with one attached hydrogen (secondary N) is 1. The van der Waals surface area contributed by atoms with Gasteiger partial charge in [-0.25, -0.2) is 0 Å². The van der Waals surface area contributed by atoms with E-state index < -0.39 is 28.8 Å². The topological polar surface area (TPSA) is 84.9 Å². The van der Waals surface area contributed by atoms with Gasteiger partial charge in [-0.3, -0.25) is 14.4 Å². The summed E-state index contributed by atoms with van der Waals surface area (Å²) in [7, 11) is 3.04. The van der Waals surface area contributed by atoms with Crippen molar-refractivity contribution < 1.29 is 23.9 Å². The van der Waals surface area contributed by atoms with Gasteiger partial charge in [0.05, 0.1) is 31.7 Å². The molecule has 7 heteroatoms. The van der Waals surface area contributed by atoms with Gasteiger partial charge in [-0.1, -0.05) is 63.2 Å². The zero-order valence-electron chi connectivity index (χ0n) is 24.1. The highest BCUT2D eigenvalue weighted by Crippen LogP contribution is 2.59. The number of amides is 1. The van der Waals surface area contributed by atoms with Crippen LogP contribution in [-0.2, 0) is 15.0 Å². The number of carbonyl (C=O) groups is 3. The Kier molecular flexibility index (Phi) is 6.10. The zero-order chi connectivity index (χ0) is 29.3. The minimum absolute atomic E-state index is 0.112. The van der Waals surface area contributed by atoms with Gasteiger partial charge in [-0.05, 0) is 48.4 Å². The first-order chi connectivity index (χ1) is 19.5. The molecular formula is C34H34N2O5. The van der Waals surface area contributed by atoms with Crippen LogP contribution in [0.5, 0.6) is 11.5 Å². The Morgan fingerprint density at radius 1 is 0.951 bits per heavy atom. The second-order valence-corrected chi connectivity index (χ2v) is 12.1. The number of ether oxygens (including phenoxy) is 2. The fourth-order valence-corrected chi connectivity index (χ4v) is 7.01. The van der Waals surface area contributed by atoms with Crippen molar-refractivity contribution in [1.29, 1.82) is 0 Å². The number of methoxy groups -OCH3 is 2. The molecule has 41 heavy (non-hydrogen) atoms. The van der Waals surface area contributed by atoms with Gasteiger partial charge in [-0.15, -0.1) is 0 Å². The summed E-state index contributed by atoms with van der Waals surface area (Å²) < 4.78 is 11.1. The van der Waals surface area contributed by atoms with Crippen molar-refractivity contribution in [1.82, 2.24) is 0 Å². The maximum Gasteiger partial charge on any atom is 0.238 e. The summed E-state index contributed by atoms with van der Waals surface area (Å²) in [4.78, 5) is 46.2. The molecule has 210 valence electrons. The molecule has 1 saturated heterocycles. The minimum Gasteiger partial charge on any atom is -0.497 e. The van der Waals surface area contributed by atoms with E-state index in [0.717, 1.165) is 16.8 Å². The number of allylic oxidation sites excluding steroid dienone is 1. The van der Waals surface area contributed by atoms with Gasteiger partial charge < -0.3 is 19.7 Å². The van der Waals surface area contributed by atoms with E-state index in [4.69, 9.17) is 9.47 Å². The number of benzene rings is 3. The highest BCUT2D eigenvalue weighted by atomic mass is 16.5. The number of fused-ring (bicyclic) bond motifs is 6. The first-order valence-corrected chi connectivity index (χ1v) is 13.8. The van der Waals surface area contributed by atoms with E-state index in [9.17, 15) is 9.59 Å². The van der Waals surface area contributed by atoms with Crippen LogP contribution in [0.25, 0.3) is 5.57 Å². The molecule has 0 bridgehead atoms. The number of carbonyl (C=O) groups excluding carboxylic acids is 3. The van der Waals surface area contributed by atoms with Gasteiger partial charge in [0.15, 0.2) is 11.6 Å². The molecule has 1 fully saturated rings. The molecule has 0 aliphatic carbocycles. The molecule has 7 nitrogen and oxygen atoms in total. The Labute approximate surface area is 240 Å². The highest BCUT2D eigenvalue weighted by Gasteiger charge is 2.71. The van der Waals surface area contributed by atoms with Gasteiger partial charge in [0, 0.05) is 22.4 Å². The van der Waals surface area contributed by atoms with Crippen molar-refractivity contribution >= 4 is 34.4 Å². The van der Waals surface area contributed by atoms with Gasteiger partial charge in [0.2, 0.25) is 5.91 Å². The number of hydrogen-bond donors (Lipinski definition) is 1. The first kappa shape index (κ1) is 26.8. The predicted octanol–water partition coefficient (Wildman–Crippen LogP) is 5.68. The SMILES string of the molecule is COc1ccc(OC)c(C(=O)[C@@H]2[C@H](C(=O)C(C)(C)C)N3c4ccccc4C(C)=C[C@@H]3[C@]23C(=O)Nc2ccccc23)c1. The predicted molar refractivity (Wildman–Crippen MR) is 159 cm³/mol. The lowest BCUT2D eigenvalue weighted by atomic mass is 9.63. The Balaban J connectivity index is 1.72. The molecule has 1 spiro atoms. The van der Waals surface area contributed by atoms with E-state index >= 15 is 4.79 Å². The zero-order valence-corrected chi connectivity index (χ0v) is 24.1. The molecule has 3 aliphatic heterocycles. The lowest BCUT2D eigenvalue weighted by Crippen LogP contribution is -2.51. The molecule has 0 unspecified atom stereocenters. The van der Waals surface area contributed by atoms with Crippen LogP contribution in [0.3, 0.4) is 0 Å². The highest BCUT2D eigenvalue weighted by molar-refractivity contribution is 6.17. The third-order valence-corrected chi connectivity index (χ3v) is 8.85. The van der Waals surface area contributed by atoms with Crippen LogP contribution >= 0.6 is 0 Å². The summed E-state index contributed by atoms with van der Waals surface area (Å²) in [5.41, 5.74) is 2.28. The molecular weight excluding hydrogens is 516 g/mol. The molecule has 6 rings (SSSR count). The fourth-order valence-electron chi connectivity index (χ4n) is 7.01. The van der Waals surface area contributed by atoms with Gasteiger partial charge >= 0.3 is 0 Å². The normalized spacial score (nSPS) is 24.2. The molecule has 1 amide bonds. The maximum absolute atomic E-state index is 15.1. The van der Waals surface area contributed by atoms with Crippen LogP contribution in [-0.4, -0.2) is 43.8 Å². The summed E-state index contributed by atoms with van der Waals surface area (Å²) in [6.45, 7) is 7.61. The Hall–Kier alpha value is -4.39. The first-order valence-electron chi connectivity index (χ1n) is 13.8. The summed E-state index contributed by atoms with van der Waals surface area (Å²) in [5.74, 6) is -0.958. The largest absolute Gasteiger partial charge is 0.497 e. The van der Waals surface area contributed by atoms with E-state index in [-0.39, 0.29) is 23.0 Å². The average Bonchev–Trinajstić information content (AvgIpc) is 3.43. The van der Waals surface area contributed by atoms with Crippen molar-refractivity contribution in [3.8, 4) is 11.5 Å². The molecule has 3 aromatic carbocycles. The standard InChI is InChI=1S/C34H34N2O5/c1-19-17-27-34(23-12-8-9-13-24(23)35-32(34)39)28(30(37)22-18-20(40-5)15-16-26(22)41-6)29(31(38)33(2,3)4)36(27)25-14-10-7-11-21(19)25/h7-18,27-29H,1-6H3,(H,35,39)/t27-,28+,29-,34+/m1/s1. The van der Waals surface area contributed by atoms with Crippen molar-refractivity contribution in [3.63, 3.8) is 0 Å². The quantitative estimate of drug-likeness (QED) is 0.412. The average molecular weight is 551 g/mol. The molecule has 4 atom stereocenters. The lowest BCUT2D eigenvalue weighted by Gasteiger charge is -2.39.